The van der Waals surface area contributed by atoms with Crippen LogP contribution in [-0.2, 0) is 37.4 Å². The Balaban J connectivity index is -0.000000163. The Kier molecular flexibility index (Phi) is 22.3. The zero-order valence-electron chi connectivity index (χ0n) is 14.6. The maximum absolute atomic E-state index is 11.2. The summed E-state index contributed by atoms with van der Waals surface area (Å²) < 4.78 is 4.63. The minimum atomic E-state index is -0.275. The molecule has 4 heteroatoms. The molecule has 1 aliphatic heterocycles. The van der Waals surface area contributed by atoms with Crippen LogP contribution in [0.5, 0.6) is 0 Å². The van der Waals surface area contributed by atoms with Crippen molar-refractivity contribution in [2.24, 2.45) is 0 Å². The molecule has 0 N–H and O–H groups in total. The summed E-state index contributed by atoms with van der Waals surface area (Å²) in [6.45, 7) is 11.4. The summed E-state index contributed by atoms with van der Waals surface area (Å²) in [6, 6.07) is 8.30. The maximum Gasteiger partial charge on any atom is 0.337 e. The molecule has 0 aliphatic carbocycles. The van der Waals surface area contributed by atoms with E-state index in [2.05, 4.69) is 37.3 Å². The number of hydrogen-bond acceptors (Lipinski definition) is 3. The van der Waals surface area contributed by atoms with Crippen LogP contribution in [0, 0.1) is 0 Å². The summed E-state index contributed by atoms with van der Waals surface area (Å²) in [7, 11) is 1.39. The van der Waals surface area contributed by atoms with Gasteiger partial charge in [0.2, 0.25) is 0 Å². The number of esters is 1. The van der Waals surface area contributed by atoms with Gasteiger partial charge in [-0.05, 0) is 63.4 Å². The largest absolute Gasteiger partial charge is 0.465 e. The quantitative estimate of drug-likeness (QED) is 0.554. The van der Waals surface area contributed by atoms with Gasteiger partial charge >= 0.3 is 5.97 Å². The van der Waals surface area contributed by atoms with Gasteiger partial charge in [-0.2, -0.15) is 0 Å². The standard InChI is InChI=1S/C11H14O2.C7H15N.3CH4.Y/c1-8(2)9-5-4-6-10(7-9)11(12)13-3;1-7(2)8-5-3-4-6-8;;;;/h4-8H,1-3H3;7H,3-6H2,1-2H3;3*1H4;. The Hall–Kier alpha value is -0.246. The molecule has 0 amide bonds. The molecule has 0 saturated carbocycles. The van der Waals surface area contributed by atoms with Gasteiger partial charge in [-0.15, -0.1) is 0 Å². The normalized spacial score (nSPS) is 12.6. The third-order valence-electron chi connectivity index (χ3n) is 3.85. The fourth-order valence-corrected chi connectivity index (χ4v) is 2.40. The van der Waals surface area contributed by atoms with E-state index in [1.165, 1.54) is 33.0 Å². The van der Waals surface area contributed by atoms with Gasteiger partial charge in [-0.3, -0.25) is 0 Å². The molecule has 1 aliphatic rings. The maximum atomic E-state index is 11.2. The van der Waals surface area contributed by atoms with Crippen LogP contribution in [0.1, 0.15) is 84.7 Å². The Bertz CT molecular complexity index is 441. The van der Waals surface area contributed by atoms with Gasteiger partial charge in [0.15, 0.2) is 0 Å². The van der Waals surface area contributed by atoms with Crippen LogP contribution < -0.4 is 0 Å². The number of hydrogen-bond donors (Lipinski definition) is 0. The first-order valence-corrected chi connectivity index (χ1v) is 7.88. The van der Waals surface area contributed by atoms with Crippen molar-refractivity contribution in [2.75, 3.05) is 20.2 Å². The number of benzene rings is 1. The number of ether oxygens (including phenoxy) is 1. The summed E-state index contributed by atoms with van der Waals surface area (Å²) in [5.41, 5.74) is 1.77. The second-order valence-corrected chi connectivity index (χ2v) is 6.11. The minimum absolute atomic E-state index is 0. The van der Waals surface area contributed by atoms with Gasteiger partial charge in [0.05, 0.1) is 12.7 Å². The smallest absolute Gasteiger partial charge is 0.337 e. The van der Waals surface area contributed by atoms with Crippen molar-refractivity contribution in [1.29, 1.82) is 0 Å². The molecule has 0 spiro atoms. The molecule has 0 aromatic heterocycles. The number of carbonyl (C=O) groups excluding carboxylic acids is 1. The molecule has 3 nitrogen and oxygen atoms in total. The van der Waals surface area contributed by atoms with E-state index >= 15 is 0 Å². The Morgan fingerprint density at radius 1 is 1.04 bits per heavy atom. The molecule has 1 radical (unpaired) electrons. The van der Waals surface area contributed by atoms with Crippen molar-refractivity contribution in [2.45, 2.75) is 74.8 Å². The van der Waals surface area contributed by atoms with Gasteiger partial charge in [0.1, 0.15) is 0 Å². The first-order chi connectivity index (χ1) is 9.95. The molecule has 1 fully saturated rings. The number of methoxy groups -OCH3 is 1. The third kappa shape index (κ3) is 11.9. The molecular weight excluding hydrogens is 387 g/mol. The Morgan fingerprint density at radius 2 is 1.56 bits per heavy atom. The van der Waals surface area contributed by atoms with Gasteiger partial charge in [-0.25, -0.2) is 4.79 Å². The minimum Gasteiger partial charge on any atom is -0.465 e. The van der Waals surface area contributed by atoms with Crippen molar-refractivity contribution in [3.63, 3.8) is 0 Å². The molecule has 1 saturated heterocycles. The molecule has 0 bridgehead atoms. The zero-order valence-corrected chi connectivity index (χ0v) is 17.5. The molecule has 1 heterocycles. The first kappa shape index (κ1) is 32.4. The van der Waals surface area contributed by atoms with Crippen molar-refractivity contribution in [1.82, 2.24) is 4.90 Å². The Morgan fingerprint density at radius 3 is 1.92 bits per heavy atom. The van der Waals surface area contributed by atoms with Crippen LogP contribution in [0.3, 0.4) is 0 Å². The van der Waals surface area contributed by atoms with E-state index in [-0.39, 0.29) is 61.0 Å². The van der Waals surface area contributed by atoms with E-state index in [1.807, 2.05) is 18.2 Å². The van der Waals surface area contributed by atoms with Crippen molar-refractivity contribution >= 4 is 5.97 Å². The van der Waals surface area contributed by atoms with Gasteiger partial charge in [0.25, 0.3) is 0 Å². The fraction of sp³-hybridized carbons (Fsp3) is 0.667. The van der Waals surface area contributed by atoms with Crippen LogP contribution in [-0.4, -0.2) is 37.1 Å². The number of nitrogens with zero attached hydrogens (tertiary/aromatic N) is 1. The summed E-state index contributed by atoms with van der Waals surface area (Å²) in [5, 5.41) is 0. The monoisotopic (exact) mass is 428 g/mol. The van der Waals surface area contributed by atoms with Crippen LogP contribution in [0.25, 0.3) is 0 Å². The molecular formula is C21H41NO2Y. The van der Waals surface area contributed by atoms with Crippen LogP contribution in [0.2, 0.25) is 0 Å². The molecule has 1 aromatic rings. The van der Waals surface area contributed by atoms with E-state index < -0.39 is 0 Å². The average molecular weight is 428 g/mol. The van der Waals surface area contributed by atoms with Crippen LogP contribution in [0.15, 0.2) is 24.3 Å². The molecule has 2 rings (SSSR count). The molecule has 0 unspecified atom stereocenters. The van der Waals surface area contributed by atoms with E-state index in [1.54, 1.807) is 6.07 Å². The number of rotatable bonds is 3. The van der Waals surface area contributed by atoms with Crippen molar-refractivity contribution in [3.05, 3.63) is 35.4 Å². The summed E-state index contributed by atoms with van der Waals surface area (Å²) in [5.74, 6) is 0.159. The number of likely N-dealkylation sites (tertiary alicyclic amines) is 1. The zero-order chi connectivity index (χ0) is 15.8. The summed E-state index contributed by atoms with van der Waals surface area (Å²) >= 11 is 0. The molecule has 1 aromatic carbocycles. The predicted octanol–water partition coefficient (Wildman–Crippen LogP) is 5.99. The Labute approximate surface area is 182 Å². The van der Waals surface area contributed by atoms with Crippen molar-refractivity contribution in [3.8, 4) is 0 Å². The van der Waals surface area contributed by atoms with Crippen LogP contribution in [0.4, 0.5) is 0 Å². The second kappa shape index (κ2) is 17.2. The van der Waals surface area contributed by atoms with Crippen molar-refractivity contribution < 1.29 is 42.2 Å². The van der Waals surface area contributed by atoms with E-state index in [0.717, 1.165) is 11.6 Å². The van der Waals surface area contributed by atoms with E-state index in [4.69, 9.17) is 0 Å². The molecule has 145 valence electrons. The summed E-state index contributed by atoms with van der Waals surface area (Å²) in [4.78, 5) is 13.7. The average Bonchev–Trinajstić information content (AvgIpc) is 3.01. The van der Waals surface area contributed by atoms with Gasteiger partial charge in [-0.1, -0.05) is 48.3 Å². The van der Waals surface area contributed by atoms with Gasteiger partial charge < -0.3 is 9.64 Å². The van der Waals surface area contributed by atoms with E-state index in [9.17, 15) is 4.79 Å². The topological polar surface area (TPSA) is 29.5 Å². The predicted molar refractivity (Wildman–Crippen MR) is 108 cm³/mol. The van der Waals surface area contributed by atoms with Crippen LogP contribution >= 0.6 is 0 Å². The summed E-state index contributed by atoms with van der Waals surface area (Å²) in [6.07, 6.45) is 2.83. The second-order valence-electron chi connectivity index (χ2n) is 6.11. The SMILES string of the molecule is C.C.C.CC(C)N1CCCC1.COC(=O)c1cccc(C(C)C)c1.[Y]. The third-order valence-corrected chi connectivity index (χ3v) is 3.85. The first-order valence-electron chi connectivity index (χ1n) is 7.88. The van der Waals surface area contributed by atoms with E-state index in [0.29, 0.717) is 11.5 Å². The molecule has 25 heavy (non-hydrogen) atoms. The van der Waals surface area contributed by atoms with Gasteiger partial charge in [0, 0.05) is 38.8 Å². The fourth-order valence-electron chi connectivity index (χ4n) is 2.40. The molecule has 0 atom stereocenters. The number of carbonyl (C=O) groups is 1.